The molecule has 1 saturated carbocycles. The van der Waals surface area contributed by atoms with E-state index >= 15 is 0 Å². The monoisotopic (exact) mass is 340 g/mol. The van der Waals surface area contributed by atoms with Gasteiger partial charge in [-0.3, -0.25) is 9.69 Å². The summed E-state index contributed by atoms with van der Waals surface area (Å²) in [5.41, 5.74) is 8.77. The second-order valence-electron chi connectivity index (χ2n) is 8.58. The summed E-state index contributed by atoms with van der Waals surface area (Å²) in [7, 11) is 0. The molecular formula is C20H28N4O. The number of pyridine rings is 1. The van der Waals surface area contributed by atoms with Crippen molar-refractivity contribution in [2.75, 3.05) is 31.1 Å². The van der Waals surface area contributed by atoms with Crippen molar-refractivity contribution in [2.24, 2.45) is 17.6 Å². The van der Waals surface area contributed by atoms with Gasteiger partial charge in [-0.15, -0.1) is 0 Å². The minimum absolute atomic E-state index is 0.330. The molecule has 3 saturated heterocycles. The molecule has 25 heavy (non-hydrogen) atoms. The lowest BCUT2D eigenvalue weighted by Crippen LogP contribution is -2.45. The first-order valence-corrected chi connectivity index (χ1v) is 9.99. The Labute approximate surface area is 149 Å². The highest BCUT2D eigenvalue weighted by molar-refractivity contribution is 5.98. The molecule has 5 nitrogen and oxygen atoms in total. The van der Waals surface area contributed by atoms with Crippen molar-refractivity contribution < 1.29 is 4.79 Å². The van der Waals surface area contributed by atoms with Gasteiger partial charge in [0.2, 0.25) is 0 Å². The Bertz CT molecular complexity index is 699. The smallest absolute Gasteiger partial charge is 0.252 e. The maximum absolute atomic E-state index is 12.1. The number of amides is 1. The van der Waals surface area contributed by atoms with Crippen LogP contribution in [-0.4, -0.2) is 48.0 Å². The summed E-state index contributed by atoms with van der Waals surface area (Å²) in [6, 6.07) is 2.64. The van der Waals surface area contributed by atoms with E-state index in [2.05, 4.69) is 9.80 Å². The van der Waals surface area contributed by atoms with E-state index in [9.17, 15) is 4.79 Å². The lowest BCUT2D eigenvalue weighted by molar-refractivity contribution is 0.100. The van der Waals surface area contributed by atoms with Crippen LogP contribution < -0.4 is 10.6 Å². The number of rotatable bonds is 4. The summed E-state index contributed by atoms with van der Waals surface area (Å²) in [5, 5.41) is 0. The van der Waals surface area contributed by atoms with Crippen LogP contribution in [0.1, 0.15) is 53.7 Å². The lowest BCUT2D eigenvalue weighted by Gasteiger charge is -2.36. The molecule has 3 aliphatic heterocycles. The summed E-state index contributed by atoms with van der Waals surface area (Å²) in [5.74, 6) is 2.15. The number of carbonyl (C=O) groups excluding carboxylic acids is 1. The molecule has 1 aromatic heterocycles. The molecule has 1 amide bonds. The topological polar surface area (TPSA) is 62.5 Å². The van der Waals surface area contributed by atoms with Gasteiger partial charge in [0.15, 0.2) is 0 Å². The fourth-order valence-electron chi connectivity index (χ4n) is 5.09. The van der Waals surface area contributed by atoms with E-state index in [4.69, 9.17) is 10.7 Å². The summed E-state index contributed by atoms with van der Waals surface area (Å²) < 4.78 is 0. The SMILES string of the molecule is NC(=O)c1cc2c(nc1N1C[C@@H]3CC[C@H](C1)N(CC1CC1)C3)CCC2. The number of nitrogens with two attached hydrogens (primary N) is 1. The molecular weight excluding hydrogens is 312 g/mol. The molecule has 0 aromatic carbocycles. The summed E-state index contributed by atoms with van der Waals surface area (Å²) in [6.45, 7) is 4.50. The summed E-state index contributed by atoms with van der Waals surface area (Å²) in [6.07, 6.45) is 8.62. The van der Waals surface area contributed by atoms with Gasteiger partial charge in [-0.1, -0.05) is 0 Å². The standard InChI is InChI=1S/C20H28N4O/c21-19(25)17-8-15-2-1-3-18(15)22-20(17)24-11-14-6-7-16(12-24)23(10-14)9-13-4-5-13/h8,13-14,16H,1-7,9-12H2,(H2,21,25)/t14-,16-/m1/s1. The van der Waals surface area contributed by atoms with E-state index < -0.39 is 0 Å². The van der Waals surface area contributed by atoms with Crippen molar-refractivity contribution >= 4 is 11.7 Å². The van der Waals surface area contributed by atoms with Crippen LogP contribution in [0.5, 0.6) is 0 Å². The number of aryl methyl sites for hydroxylation is 2. The molecule has 1 aromatic rings. The zero-order valence-electron chi connectivity index (χ0n) is 14.9. The van der Waals surface area contributed by atoms with Crippen molar-refractivity contribution in [3.05, 3.63) is 22.9 Å². The zero-order chi connectivity index (χ0) is 17.0. The number of piperidine rings is 1. The van der Waals surface area contributed by atoms with Gasteiger partial charge in [0.1, 0.15) is 5.82 Å². The maximum Gasteiger partial charge on any atom is 0.252 e. The van der Waals surface area contributed by atoms with Crippen LogP contribution in [-0.2, 0) is 12.8 Å². The molecule has 6 rings (SSSR count). The first kappa shape index (κ1) is 15.6. The highest BCUT2D eigenvalue weighted by atomic mass is 16.1. The van der Waals surface area contributed by atoms with Crippen LogP contribution in [0.15, 0.2) is 6.07 Å². The van der Waals surface area contributed by atoms with Crippen molar-refractivity contribution in [1.29, 1.82) is 0 Å². The van der Waals surface area contributed by atoms with E-state index in [1.54, 1.807) is 0 Å². The Balaban J connectivity index is 1.46. The molecule has 134 valence electrons. The minimum atomic E-state index is -0.330. The fraction of sp³-hybridized carbons (Fsp3) is 0.700. The Hall–Kier alpha value is -1.62. The summed E-state index contributed by atoms with van der Waals surface area (Å²) >= 11 is 0. The van der Waals surface area contributed by atoms with E-state index in [0.29, 0.717) is 17.5 Å². The van der Waals surface area contributed by atoms with E-state index in [-0.39, 0.29) is 5.91 Å². The van der Waals surface area contributed by atoms with Crippen molar-refractivity contribution in [3.8, 4) is 0 Å². The van der Waals surface area contributed by atoms with Crippen LogP contribution in [0.25, 0.3) is 0 Å². The van der Waals surface area contributed by atoms with Crippen LogP contribution in [0, 0.1) is 11.8 Å². The first-order valence-electron chi connectivity index (χ1n) is 9.99. The van der Waals surface area contributed by atoms with Crippen LogP contribution in [0.3, 0.4) is 0 Å². The van der Waals surface area contributed by atoms with Gasteiger partial charge in [-0.2, -0.15) is 0 Å². The first-order chi connectivity index (χ1) is 12.2. The highest BCUT2D eigenvalue weighted by Gasteiger charge is 2.38. The predicted molar refractivity (Wildman–Crippen MR) is 97.8 cm³/mol. The number of nitrogens with zero attached hydrogens (tertiary/aromatic N) is 3. The van der Waals surface area contributed by atoms with Gasteiger partial charge in [0.25, 0.3) is 5.91 Å². The second-order valence-corrected chi connectivity index (χ2v) is 8.58. The number of hydrogen-bond acceptors (Lipinski definition) is 4. The Morgan fingerprint density at radius 3 is 2.84 bits per heavy atom. The van der Waals surface area contributed by atoms with E-state index in [1.165, 1.54) is 50.0 Å². The van der Waals surface area contributed by atoms with Gasteiger partial charge in [0.05, 0.1) is 5.56 Å². The van der Waals surface area contributed by atoms with E-state index in [1.807, 2.05) is 6.07 Å². The molecule has 2 atom stereocenters. The van der Waals surface area contributed by atoms with Gasteiger partial charge < -0.3 is 10.6 Å². The molecule has 2 N–H and O–H groups in total. The van der Waals surface area contributed by atoms with Gasteiger partial charge in [-0.05, 0) is 68.4 Å². The minimum Gasteiger partial charge on any atom is -0.365 e. The normalized spacial score (nSPS) is 28.9. The molecule has 2 bridgehead atoms. The number of primary amides is 1. The quantitative estimate of drug-likeness (QED) is 0.910. The maximum atomic E-state index is 12.1. The van der Waals surface area contributed by atoms with Crippen molar-refractivity contribution in [2.45, 2.75) is 51.0 Å². The molecule has 0 spiro atoms. The van der Waals surface area contributed by atoms with Gasteiger partial charge in [-0.25, -0.2) is 4.98 Å². The third-order valence-corrected chi connectivity index (χ3v) is 6.61. The zero-order valence-corrected chi connectivity index (χ0v) is 14.9. The highest BCUT2D eigenvalue weighted by Crippen LogP contribution is 2.36. The third kappa shape index (κ3) is 2.92. The fourth-order valence-corrected chi connectivity index (χ4v) is 5.09. The largest absolute Gasteiger partial charge is 0.365 e. The van der Waals surface area contributed by atoms with Gasteiger partial charge >= 0.3 is 0 Å². The Kier molecular flexibility index (Phi) is 3.73. The van der Waals surface area contributed by atoms with Crippen LogP contribution >= 0.6 is 0 Å². The lowest BCUT2D eigenvalue weighted by atomic mass is 9.95. The number of anilines is 1. The predicted octanol–water partition coefficient (Wildman–Crippen LogP) is 1.98. The summed E-state index contributed by atoms with van der Waals surface area (Å²) in [4.78, 5) is 22.1. The number of fused-ring (bicyclic) bond motifs is 5. The molecule has 0 radical (unpaired) electrons. The average molecular weight is 340 g/mol. The Morgan fingerprint density at radius 2 is 2.04 bits per heavy atom. The molecule has 0 unspecified atom stereocenters. The Morgan fingerprint density at radius 1 is 1.16 bits per heavy atom. The molecule has 2 aliphatic carbocycles. The van der Waals surface area contributed by atoms with Crippen LogP contribution in [0.2, 0.25) is 0 Å². The molecule has 4 heterocycles. The molecule has 5 heteroatoms. The van der Waals surface area contributed by atoms with Crippen molar-refractivity contribution in [3.63, 3.8) is 0 Å². The average Bonchev–Trinajstić information content (AvgIpc) is 3.36. The molecule has 5 aliphatic rings. The van der Waals surface area contributed by atoms with Crippen molar-refractivity contribution in [1.82, 2.24) is 9.88 Å². The number of aromatic nitrogens is 1. The number of carbonyl (C=O) groups is 1. The third-order valence-electron chi connectivity index (χ3n) is 6.61. The molecule has 4 fully saturated rings. The van der Waals surface area contributed by atoms with E-state index in [0.717, 1.165) is 44.1 Å². The second kappa shape index (κ2) is 5.97. The number of hydrogen-bond donors (Lipinski definition) is 1. The van der Waals surface area contributed by atoms with Crippen LogP contribution in [0.4, 0.5) is 5.82 Å². The van der Waals surface area contributed by atoms with Gasteiger partial charge in [0, 0.05) is 37.9 Å².